The third kappa shape index (κ3) is 5.97. The second-order valence-electron chi connectivity index (χ2n) is 9.06. The average molecular weight is 498 g/mol. The van der Waals surface area contributed by atoms with Crippen LogP contribution in [0.3, 0.4) is 0 Å². The van der Waals surface area contributed by atoms with Crippen LogP contribution in [0, 0.1) is 0 Å². The summed E-state index contributed by atoms with van der Waals surface area (Å²) in [5, 5.41) is 5.80. The van der Waals surface area contributed by atoms with Crippen molar-refractivity contribution >= 4 is 22.2 Å². The van der Waals surface area contributed by atoms with Gasteiger partial charge in [0.1, 0.15) is 17.3 Å². The lowest BCUT2D eigenvalue weighted by Gasteiger charge is -2.21. The van der Waals surface area contributed by atoms with E-state index < -0.39 is 0 Å². The fraction of sp³-hybridized carbons (Fsp3) is 0.258. The second kappa shape index (κ2) is 11.2. The fourth-order valence-electron chi connectivity index (χ4n) is 4.57. The van der Waals surface area contributed by atoms with Gasteiger partial charge in [-0.05, 0) is 83.8 Å². The number of Topliss-reactive ketones (excluding diaryl/α,β-unsaturated/α-hetero) is 1. The van der Waals surface area contributed by atoms with Gasteiger partial charge in [0.05, 0.1) is 19.8 Å². The molecule has 6 heteroatoms. The molecule has 0 aliphatic carbocycles. The number of fused-ring (bicyclic) bond motifs is 2. The highest BCUT2D eigenvalue weighted by molar-refractivity contribution is 5.85. The van der Waals surface area contributed by atoms with Crippen LogP contribution in [0.25, 0.3) is 10.8 Å². The molecular formula is C31H31NO5. The number of carbonyl (C=O) groups is 1. The quantitative estimate of drug-likeness (QED) is 0.248. The molecule has 1 aliphatic heterocycles. The molecule has 190 valence electrons. The van der Waals surface area contributed by atoms with Crippen LogP contribution in [-0.4, -0.2) is 26.3 Å². The first-order chi connectivity index (χ1) is 18.1. The minimum Gasteiger partial charge on any atom is -0.497 e. The number of nitrogens with one attached hydrogen (secondary N) is 1. The second-order valence-corrected chi connectivity index (χ2v) is 9.06. The zero-order valence-electron chi connectivity index (χ0n) is 21.2. The van der Waals surface area contributed by atoms with Gasteiger partial charge in [-0.2, -0.15) is 0 Å². The SMILES string of the molecule is CCOc1ccc(NC(CC(=O)CCc2ccc3cc(OC)ccc3c2)c2ccc3c(c2)OCO3)cc1. The Kier molecular flexibility index (Phi) is 7.45. The van der Waals surface area contributed by atoms with E-state index in [4.69, 9.17) is 18.9 Å². The number of hydrogen-bond acceptors (Lipinski definition) is 6. The molecule has 0 fully saturated rings. The van der Waals surface area contributed by atoms with Crippen molar-refractivity contribution in [2.24, 2.45) is 0 Å². The number of carbonyl (C=O) groups excluding carboxylic acids is 1. The summed E-state index contributed by atoms with van der Waals surface area (Å²) >= 11 is 0. The Balaban J connectivity index is 1.29. The van der Waals surface area contributed by atoms with Crippen molar-refractivity contribution in [3.63, 3.8) is 0 Å². The summed E-state index contributed by atoms with van der Waals surface area (Å²) in [6.07, 6.45) is 1.52. The highest BCUT2D eigenvalue weighted by Gasteiger charge is 2.21. The van der Waals surface area contributed by atoms with Gasteiger partial charge in [-0.1, -0.05) is 30.3 Å². The Hall–Kier alpha value is -4.19. The number of aryl methyl sites for hydroxylation is 1. The predicted molar refractivity (Wildman–Crippen MR) is 145 cm³/mol. The highest BCUT2D eigenvalue weighted by Crippen LogP contribution is 2.36. The largest absolute Gasteiger partial charge is 0.497 e. The van der Waals surface area contributed by atoms with Crippen LogP contribution in [0.15, 0.2) is 78.9 Å². The van der Waals surface area contributed by atoms with E-state index >= 15 is 0 Å². The maximum Gasteiger partial charge on any atom is 0.231 e. The van der Waals surface area contributed by atoms with E-state index in [1.165, 1.54) is 0 Å². The monoisotopic (exact) mass is 497 g/mol. The molecule has 6 nitrogen and oxygen atoms in total. The van der Waals surface area contributed by atoms with E-state index in [0.717, 1.165) is 44.8 Å². The molecule has 0 amide bonds. The van der Waals surface area contributed by atoms with Crippen molar-refractivity contribution in [1.29, 1.82) is 0 Å². The van der Waals surface area contributed by atoms with Crippen LogP contribution in [0.1, 0.15) is 36.9 Å². The summed E-state index contributed by atoms with van der Waals surface area (Å²) < 4.78 is 21.9. The predicted octanol–water partition coefficient (Wildman–Crippen LogP) is 6.72. The van der Waals surface area contributed by atoms with E-state index in [1.54, 1.807) is 7.11 Å². The van der Waals surface area contributed by atoms with Gasteiger partial charge in [0.25, 0.3) is 0 Å². The first-order valence-electron chi connectivity index (χ1n) is 12.6. The molecule has 0 saturated carbocycles. The van der Waals surface area contributed by atoms with Crippen LogP contribution < -0.4 is 24.3 Å². The molecule has 0 aromatic heterocycles. The van der Waals surface area contributed by atoms with E-state index in [9.17, 15) is 4.79 Å². The number of ether oxygens (including phenoxy) is 4. The minimum absolute atomic E-state index is 0.191. The number of rotatable bonds is 11. The molecule has 1 aliphatic rings. The summed E-state index contributed by atoms with van der Waals surface area (Å²) in [4.78, 5) is 13.2. The lowest BCUT2D eigenvalue weighted by molar-refractivity contribution is -0.119. The standard InChI is InChI=1S/C31H31NO5/c1-3-35-27-13-9-25(10-14-27)32-29(24-8-15-30-31(18-24)37-20-36-30)19-26(33)11-5-21-4-6-23-17-28(34-2)12-7-22(23)16-21/h4,6-10,12-18,29,32H,3,5,11,19-20H2,1-2H3. The van der Waals surface area contributed by atoms with Crippen LogP contribution in [0.2, 0.25) is 0 Å². The van der Waals surface area contributed by atoms with Gasteiger partial charge in [0.15, 0.2) is 11.5 Å². The van der Waals surface area contributed by atoms with Gasteiger partial charge in [0, 0.05) is 18.5 Å². The molecule has 0 radical (unpaired) electrons. The maximum absolute atomic E-state index is 13.2. The molecule has 1 unspecified atom stereocenters. The summed E-state index contributed by atoms with van der Waals surface area (Å²) in [7, 11) is 1.67. The molecule has 4 aromatic carbocycles. The molecule has 1 atom stereocenters. The van der Waals surface area contributed by atoms with E-state index in [2.05, 4.69) is 29.6 Å². The Morgan fingerprint density at radius 1 is 0.892 bits per heavy atom. The first-order valence-corrected chi connectivity index (χ1v) is 12.6. The van der Waals surface area contributed by atoms with Crippen molar-refractivity contribution in [3.05, 3.63) is 90.0 Å². The summed E-state index contributed by atoms with van der Waals surface area (Å²) in [5.41, 5.74) is 3.04. The molecule has 0 spiro atoms. The van der Waals surface area contributed by atoms with E-state index in [-0.39, 0.29) is 18.6 Å². The number of benzene rings is 4. The zero-order valence-corrected chi connectivity index (χ0v) is 21.2. The van der Waals surface area contributed by atoms with Crippen molar-refractivity contribution in [2.45, 2.75) is 32.2 Å². The normalized spacial score (nSPS) is 12.8. The molecule has 1 N–H and O–H groups in total. The summed E-state index contributed by atoms with van der Waals surface area (Å²) in [6, 6.07) is 25.8. The molecule has 0 bridgehead atoms. The Labute approximate surface area is 217 Å². The number of hydrogen-bond donors (Lipinski definition) is 1. The van der Waals surface area contributed by atoms with Crippen LogP contribution in [0.5, 0.6) is 23.0 Å². The van der Waals surface area contributed by atoms with Crippen LogP contribution in [-0.2, 0) is 11.2 Å². The van der Waals surface area contributed by atoms with E-state index in [1.807, 2.05) is 61.5 Å². The maximum atomic E-state index is 13.2. The lowest BCUT2D eigenvalue weighted by Crippen LogP contribution is -2.16. The van der Waals surface area contributed by atoms with Gasteiger partial charge in [0.2, 0.25) is 6.79 Å². The van der Waals surface area contributed by atoms with Crippen molar-refractivity contribution in [2.75, 3.05) is 25.8 Å². The van der Waals surface area contributed by atoms with Gasteiger partial charge >= 0.3 is 0 Å². The van der Waals surface area contributed by atoms with Crippen molar-refractivity contribution in [3.8, 4) is 23.0 Å². The third-order valence-corrected chi connectivity index (χ3v) is 6.54. The molecule has 37 heavy (non-hydrogen) atoms. The molecule has 1 heterocycles. The van der Waals surface area contributed by atoms with E-state index in [0.29, 0.717) is 31.6 Å². The Bertz CT molecular complexity index is 1380. The fourth-order valence-corrected chi connectivity index (χ4v) is 4.57. The minimum atomic E-state index is -0.205. The number of ketones is 1. The van der Waals surface area contributed by atoms with Crippen LogP contribution in [0.4, 0.5) is 5.69 Å². The van der Waals surface area contributed by atoms with Crippen molar-refractivity contribution < 1.29 is 23.7 Å². The lowest BCUT2D eigenvalue weighted by atomic mass is 9.96. The average Bonchev–Trinajstić information content (AvgIpc) is 3.40. The Morgan fingerprint density at radius 3 is 2.46 bits per heavy atom. The number of methoxy groups -OCH3 is 1. The highest BCUT2D eigenvalue weighted by atomic mass is 16.7. The summed E-state index contributed by atoms with van der Waals surface area (Å²) in [6.45, 7) is 2.79. The third-order valence-electron chi connectivity index (χ3n) is 6.54. The molecule has 5 rings (SSSR count). The Morgan fingerprint density at radius 2 is 1.65 bits per heavy atom. The first kappa shape index (κ1) is 24.5. The smallest absolute Gasteiger partial charge is 0.231 e. The van der Waals surface area contributed by atoms with Gasteiger partial charge in [-0.3, -0.25) is 4.79 Å². The topological polar surface area (TPSA) is 66.0 Å². The van der Waals surface area contributed by atoms with Gasteiger partial charge in [-0.25, -0.2) is 0 Å². The molecular weight excluding hydrogens is 466 g/mol. The van der Waals surface area contributed by atoms with Gasteiger partial charge < -0.3 is 24.3 Å². The molecule has 4 aromatic rings. The zero-order chi connectivity index (χ0) is 25.6. The van der Waals surface area contributed by atoms with Gasteiger partial charge in [-0.15, -0.1) is 0 Å². The summed E-state index contributed by atoms with van der Waals surface area (Å²) in [5.74, 6) is 3.28. The number of anilines is 1. The van der Waals surface area contributed by atoms with Crippen molar-refractivity contribution in [1.82, 2.24) is 0 Å². The van der Waals surface area contributed by atoms with Crippen LogP contribution >= 0.6 is 0 Å². The molecule has 0 saturated heterocycles.